The largest absolute Gasteiger partial charge is 0.388 e. The first-order valence-corrected chi connectivity index (χ1v) is 6.46. The van der Waals surface area contributed by atoms with Crippen LogP contribution in [-0.2, 0) is 0 Å². The summed E-state index contributed by atoms with van der Waals surface area (Å²) in [4.78, 5) is 47.7. The molecule has 1 N–H and O–H groups in total. The Balaban J connectivity index is 2.84. The molecule has 0 aliphatic heterocycles. The van der Waals surface area contributed by atoms with Gasteiger partial charge in [-0.15, -0.1) is 0 Å². The van der Waals surface area contributed by atoms with Gasteiger partial charge >= 0.3 is 0 Å². The van der Waals surface area contributed by atoms with Crippen LogP contribution in [0.1, 0.15) is 31.9 Å². The summed E-state index contributed by atoms with van der Waals surface area (Å²) < 4.78 is 0. The Morgan fingerprint density at radius 2 is 1.62 bits per heavy atom. The smallest absolute Gasteiger partial charge is 0.196 e. The van der Waals surface area contributed by atoms with E-state index in [1.165, 1.54) is 0 Å². The van der Waals surface area contributed by atoms with Gasteiger partial charge in [0.15, 0.2) is 21.7 Å². The molecule has 2 aliphatic carbocycles. The van der Waals surface area contributed by atoms with Crippen LogP contribution >= 0.6 is 0 Å². The zero-order valence-electron chi connectivity index (χ0n) is 11.7. The highest BCUT2D eigenvalue weighted by Gasteiger charge is 2.16. The number of aliphatic hydroxyl groups excluding tert-OH is 1. The fourth-order valence-corrected chi connectivity index (χ4v) is 2.18. The van der Waals surface area contributed by atoms with Crippen molar-refractivity contribution < 1.29 is 5.11 Å². The van der Waals surface area contributed by atoms with Crippen molar-refractivity contribution in [2.75, 3.05) is 0 Å². The van der Waals surface area contributed by atoms with Gasteiger partial charge in [-0.2, -0.15) is 0 Å². The molecular formula is C16H14O5. The molecule has 21 heavy (non-hydrogen) atoms. The molecule has 5 nitrogen and oxygen atoms in total. The Hall–Kier alpha value is -2.40. The van der Waals surface area contributed by atoms with E-state index in [4.69, 9.17) is 0 Å². The van der Waals surface area contributed by atoms with Gasteiger partial charge in [0, 0.05) is 5.56 Å². The summed E-state index contributed by atoms with van der Waals surface area (Å²) in [6, 6.07) is 2.90. The predicted molar refractivity (Wildman–Crippen MR) is 78.2 cm³/mol. The van der Waals surface area contributed by atoms with Crippen molar-refractivity contribution in [1.29, 1.82) is 0 Å². The van der Waals surface area contributed by atoms with Crippen molar-refractivity contribution in [1.82, 2.24) is 0 Å². The van der Waals surface area contributed by atoms with Gasteiger partial charge in [0.2, 0.25) is 0 Å². The van der Waals surface area contributed by atoms with E-state index in [0.29, 0.717) is 0 Å². The number of rotatable bonds is 3. The molecule has 0 aromatic heterocycles. The molecule has 0 saturated carbocycles. The molecule has 0 bridgehead atoms. The summed E-state index contributed by atoms with van der Waals surface area (Å²) >= 11 is 0. The molecular weight excluding hydrogens is 272 g/mol. The van der Waals surface area contributed by atoms with Crippen molar-refractivity contribution >= 4 is 0 Å². The fraction of sp³-hybridized carbons (Fsp3) is 0.250. The van der Waals surface area contributed by atoms with Crippen molar-refractivity contribution in [2.24, 2.45) is 0 Å². The quantitative estimate of drug-likeness (QED) is 0.809. The lowest BCUT2D eigenvalue weighted by Crippen LogP contribution is -2.30. The SMILES string of the molecule is CC(C)=CCC(O)c1cc(=O)c2c(=O)ccc(=O)c=2c1=O. The molecule has 0 spiro atoms. The average molecular weight is 286 g/mol. The lowest BCUT2D eigenvalue weighted by molar-refractivity contribution is 0.180. The molecule has 108 valence electrons. The molecule has 0 fully saturated rings. The molecule has 5 heteroatoms. The molecule has 1 atom stereocenters. The maximum Gasteiger partial charge on any atom is 0.196 e. The highest BCUT2D eigenvalue weighted by Crippen LogP contribution is 2.13. The van der Waals surface area contributed by atoms with Crippen LogP contribution < -0.4 is 21.7 Å². The zero-order chi connectivity index (χ0) is 15.7. The number of aliphatic hydroxyl groups is 1. The van der Waals surface area contributed by atoms with Crippen LogP contribution in [0.25, 0.3) is 0 Å². The van der Waals surface area contributed by atoms with Gasteiger partial charge < -0.3 is 5.11 Å². The average Bonchev–Trinajstić information content (AvgIpc) is 2.42. The van der Waals surface area contributed by atoms with Crippen LogP contribution in [0, 0.1) is 10.4 Å². The van der Waals surface area contributed by atoms with E-state index in [1.54, 1.807) is 6.08 Å². The Labute approximate surface area is 119 Å². The number of hydrogen-bond acceptors (Lipinski definition) is 5. The third-order valence-corrected chi connectivity index (χ3v) is 3.26. The first kappa shape index (κ1) is 15.0. The van der Waals surface area contributed by atoms with Gasteiger partial charge in [-0.1, -0.05) is 11.6 Å². The molecule has 2 aliphatic rings. The standard InChI is InChI=1S/C16H14O5/c1-8(2)3-4-10(17)9-7-13(20)14-11(18)5-6-12(19)15(14)16(9)21/h3,5-7,10,17H,4H2,1-2H3. The first-order valence-electron chi connectivity index (χ1n) is 6.46. The van der Waals surface area contributed by atoms with Crippen LogP contribution in [0.4, 0.5) is 0 Å². The van der Waals surface area contributed by atoms with Crippen LogP contribution in [0.3, 0.4) is 0 Å². The molecule has 0 aromatic carbocycles. The van der Waals surface area contributed by atoms with E-state index < -0.39 is 38.3 Å². The maximum atomic E-state index is 12.3. The summed E-state index contributed by atoms with van der Waals surface area (Å²) in [7, 11) is 0. The number of allylic oxidation sites excluding steroid dienone is 1. The first-order chi connectivity index (χ1) is 9.82. The molecule has 0 radical (unpaired) electrons. The van der Waals surface area contributed by atoms with E-state index in [2.05, 4.69) is 0 Å². The predicted octanol–water partition coefficient (Wildman–Crippen LogP) is 0.117. The van der Waals surface area contributed by atoms with E-state index in [0.717, 1.165) is 23.8 Å². The molecule has 0 amide bonds. The Bertz CT molecular complexity index is 973. The van der Waals surface area contributed by atoms with Gasteiger partial charge in [-0.3, -0.25) is 19.2 Å². The minimum absolute atomic E-state index is 0.146. The number of hydrogen-bond donors (Lipinski definition) is 1. The summed E-state index contributed by atoms with van der Waals surface area (Å²) in [5, 5.41) is 9.20. The van der Waals surface area contributed by atoms with Crippen LogP contribution in [0.5, 0.6) is 0 Å². The van der Waals surface area contributed by atoms with Crippen molar-refractivity contribution in [2.45, 2.75) is 26.4 Å². The van der Waals surface area contributed by atoms with Crippen molar-refractivity contribution in [3.63, 3.8) is 0 Å². The minimum atomic E-state index is -1.18. The van der Waals surface area contributed by atoms with E-state index in [1.807, 2.05) is 13.8 Å². The maximum absolute atomic E-state index is 12.3. The van der Waals surface area contributed by atoms with Gasteiger partial charge in [-0.25, -0.2) is 0 Å². The second kappa shape index (κ2) is 5.54. The zero-order valence-corrected chi connectivity index (χ0v) is 11.7. The summed E-state index contributed by atoms with van der Waals surface area (Å²) in [6.07, 6.45) is 0.702. The lowest BCUT2D eigenvalue weighted by atomic mass is 10.0. The van der Waals surface area contributed by atoms with E-state index in [9.17, 15) is 24.3 Å². The van der Waals surface area contributed by atoms with Gasteiger partial charge in [0.1, 0.15) is 0 Å². The Morgan fingerprint density at radius 3 is 2.19 bits per heavy atom. The van der Waals surface area contributed by atoms with E-state index >= 15 is 0 Å². The van der Waals surface area contributed by atoms with Gasteiger partial charge in [0.05, 0.1) is 16.5 Å². The summed E-state index contributed by atoms with van der Waals surface area (Å²) in [6.45, 7) is 3.67. The Morgan fingerprint density at radius 1 is 1.05 bits per heavy atom. The van der Waals surface area contributed by atoms with Gasteiger partial charge in [-0.05, 0) is 38.5 Å². The van der Waals surface area contributed by atoms with E-state index in [-0.39, 0.29) is 12.0 Å². The minimum Gasteiger partial charge on any atom is -0.388 e. The second-order valence-corrected chi connectivity index (χ2v) is 5.14. The molecule has 2 rings (SSSR count). The highest BCUT2D eigenvalue weighted by molar-refractivity contribution is 5.25. The molecule has 0 heterocycles. The van der Waals surface area contributed by atoms with Crippen LogP contribution in [-0.4, -0.2) is 5.11 Å². The Kier molecular flexibility index (Phi) is 3.95. The highest BCUT2D eigenvalue weighted by atomic mass is 16.3. The lowest BCUT2D eigenvalue weighted by Gasteiger charge is -2.07. The summed E-state index contributed by atoms with van der Waals surface area (Å²) in [5.74, 6) is 0. The van der Waals surface area contributed by atoms with Crippen LogP contribution in [0.15, 0.2) is 49.0 Å². The third kappa shape index (κ3) is 2.73. The van der Waals surface area contributed by atoms with Crippen LogP contribution in [0.2, 0.25) is 0 Å². The molecule has 0 aromatic rings. The third-order valence-electron chi connectivity index (χ3n) is 3.26. The summed E-state index contributed by atoms with van der Waals surface area (Å²) in [5.41, 5.74) is -1.98. The fourth-order valence-electron chi connectivity index (χ4n) is 2.18. The second-order valence-electron chi connectivity index (χ2n) is 5.14. The van der Waals surface area contributed by atoms with Crippen molar-refractivity contribution in [3.8, 4) is 0 Å². The monoisotopic (exact) mass is 286 g/mol. The van der Waals surface area contributed by atoms with Crippen molar-refractivity contribution in [3.05, 3.63) is 86.7 Å². The molecule has 1 unspecified atom stereocenters. The normalized spacial score (nSPS) is 12.3. The topological polar surface area (TPSA) is 88.5 Å². The van der Waals surface area contributed by atoms with Gasteiger partial charge in [0.25, 0.3) is 0 Å². The molecule has 0 saturated heterocycles.